The standard InChI is InChI=1S/C18H26N4O2S/c1-4-16-12-20-17(25-16)13-22-18(19-2)21-11-14-5-7-15(8-6-14)24-10-9-23-3/h5-8,12H,4,9-11,13H2,1-3H3,(H2,19,21,22). The fraction of sp³-hybridized carbons (Fsp3) is 0.444. The van der Waals surface area contributed by atoms with Crippen molar-refractivity contribution in [2.45, 2.75) is 26.4 Å². The minimum Gasteiger partial charge on any atom is -0.491 e. The molecule has 25 heavy (non-hydrogen) atoms. The lowest BCUT2D eigenvalue weighted by Gasteiger charge is -2.11. The molecule has 0 fully saturated rings. The van der Waals surface area contributed by atoms with Crippen molar-refractivity contribution in [1.82, 2.24) is 15.6 Å². The summed E-state index contributed by atoms with van der Waals surface area (Å²) in [6.45, 7) is 4.65. The Morgan fingerprint density at radius 2 is 1.92 bits per heavy atom. The van der Waals surface area contributed by atoms with Gasteiger partial charge in [-0.1, -0.05) is 19.1 Å². The van der Waals surface area contributed by atoms with E-state index in [0.29, 0.717) is 26.3 Å². The van der Waals surface area contributed by atoms with Gasteiger partial charge in [0.05, 0.1) is 13.2 Å². The zero-order valence-electron chi connectivity index (χ0n) is 15.0. The van der Waals surface area contributed by atoms with Crippen molar-refractivity contribution in [1.29, 1.82) is 0 Å². The Bertz CT molecular complexity index is 655. The van der Waals surface area contributed by atoms with Crippen LogP contribution < -0.4 is 15.4 Å². The number of hydrogen-bond acceptors (Lipinski definition) is 5. The molecule has 0 aliphatic carbocycles. The second kappa shape index (κ2) is 10.7. The first-order valence-corrected chi connectivity index (χ1v) is 9.15. The van der Waals surface area contributed by atoms with Crippen molar-refractivity contribution in [2.24, 2.45) is 4.99 Å². The zero-order chi connectivity index (χ0) is 17.9. The van der Waals surface area contributed by atoms with Crippen LogP contribution in [0.5, 0.6) is 5.75 Å². The van der Waals surface area contributed by atoms with Crippen molar-refractivity contribution in [3.63, 3.8) is 0 Å². The molecule has 0 aliphatic heterocycles. The molecule has 1 heterocycles. The van der Waals surface area contributed by atoms with Crippen LogP contribution in [-0.2, 0) is 24.2 Å². The number of benzene rings is 1. The van der Waals surface area contributed by atoms with Crippen LogP contribution in [-0.4, -0.2) is 38.3 Å². The van der Waals surface area contributed by atoms with Crippen LogP contribution in [0.1, 0.15) is 22.4 Å². The Hall–Kier alpha value is -2.12. The number of aliphatic imine (C=N–C) groups is 1. The molecule has 0 bridgehead atoms. The van der Waals surface area contributed by atoms with Crippen LogP contribution in [0.25, 0.3) is 0 Å². The quantitative estimate of drug-likeness (QED) is 0.408. The first kappa shape index (κ1) is 19.2. The highest BCUT2D eigenvalue weighted by atomic mass is 32.1. The Morgan fingerprint density at radius 3 is 2.56 bits per heavy atom. The summed E-state index contributed by atoms with van der Waals surface area (Å²) in [5.74, 6) is 1.60. The van der Waals surface area contributed by atoms with Crippen LogP contribution in [0.15, 0.2) is 35.5 Å². The SMILES string of the molecule is CCc1cnc(CNC(=NC)NCc2ccc(OCCOC)cc2)s1. The second-order valence-electron chi connectivity index (χ2n) is 5.34. The van der Waals surface area contributed by atoms with E-state index < -0.39 is 0 Å². The largest absolute Gasteiger partial charge is 0.491 e. The average Bonchev–Trinajstić information content (AvgIpc) is 3.11. The predicted molar refractivity (Wildman–Crippen MR) is 102 cm³/mol. The highest BCUT2D eigenvalue weighted by molar-refractivity contribution is 7.11. The molecule has 0 radical (unpaired) electrons. The third kappa shape index (κ3) is 6.72. The highest BCUT2D eigenvalue weighted by Crippen LogP contribution is 2.13. The fourth-order valence-electron chi connectivity index (χ4n) is 2.11. The van der Waals surface area contributed by atoms with Crippen molar-refractivity contribution in [2.75, 3.05) is 27.4 Å². The average molecular weight is 362 g/mol. The van der Waals surface area contributed by atoms with Gasteiger partial charge in [-0.25, -0.2) is 4.98 Å². The number of aromatic nitrogens is 1. The molecule has 136 valence electrons. The summed E-state index contributed by atoms with van der Waals surface area (Å²) in [7, 11) is 3.43. The summed E-state index contributed by atoms with van der Waals surface area (Å²) in [5.41, 5.74) is 1.16. The van der Waals surface area contributed by atoms with Crippen LogP contribution in [0.2, 0.25) is 0 Å². The number of ether oxygens (including phenoxy) is 2. The molecule has 2 rings (SSSR count). The molecule has 0 saturated carbocycles. The first-order valence-electron chi connectivity index (χ1n) is 8.34. The molecule has 2 N–H and O–H groups in total. The van der Waals surface area contributed by atoms with Gasteiger partial charge in [-0.3, -0.25) is 4.99 Å². The summed E-state index contributed by atoms with van der Waals surface area (Å²) >= 11 is 1.73. The highest BCUT2D eigenvalue weighted by Gasteiger charge is 2.03. The minimum absolute atomic E-state index is 0.557. The maximum atomic E-state index is 5.56. The van der Waals surface area contributed by atoms with E-state index in [1.54, 1.807) is 25.5 Å². The van der Waals surface area contributed by atoms with Crippen molar-refractivity contribution < 1.29 is 9.47 Å². The van der Waals surface area contributed by atoms with Crippen LogP contribution in [0, 0.1) is 0 Å². The lowest BCUT2D eigenvalue weighted by Crippen LogP contribution is -2.36. The Morgan fingerprint density at radius 1 is 1.16 bits per heavy atom. The smallest absolute Gasteiger partial charge is 0.191 e. The van der Waals surface area contributed by atoms with E-state index in [-0.39, 0.29) is 0 Å². The minimum atomic E-state index is 0.557. The van der Waals surface area contributed by atoms with E-state index in [2.05, 4.69) is 27.5 Å². The molecule has 0 atom stereocenters. The van der Waals surface area contributed by atoms with E-state index >= 15 is 0 Å². The summed E-state index contributed by atoms with van der Waals surface area (Å²) in [5, 5.41) is 7.66. The monoisotopic (exact) mass is 362 g/mol. The predicted octanol–water partition coefficient (Wildman–Crippen LogP) is 2.60. The summed E-state index contributed by atoms with van der Waals surface area (Å²) in [6, 6.07) is 8.00. The second-order valence-corrected chi connectivity index (χ2v) is 6.54. The molecule has 0 amide bonds. The number of rotatable bonds is 9. The van der Waals surface area contributed by atoms with Gasteiger partial charge in [0, 0.05) is 31.8 Å². The molecule has 0 spiro atoms. The summed E-state index contributed by atoms with van der Waals surface area (Å²) in [6.07, 6.45) is 2.96. The van der Waals surface area contributed by atoms with Gasteiger partial charge < -0.3 is 20.1 Å². The molecule has 0 unspecified atom stereocenters. The number of aryl methyl sites for hydroxylation is 1. The number of guanidine groups is 1. The number of nitrogens with one attached hydrogen (secondary N) is 2. The summed E-state index contributed by atoms with van der Waals surface area (Å²) in [4.78, 5) is 9.95. The normalized spacial score (nSPS) is 11.4. The third-order valence-corrected chi connectivity index (χ3v) is 4.66. The Kier molecular flexibility index (Phi) is 8.21. The molecule has 0 aliphatic rings. The lowest BCUT2D eigenvalue weighted by molar-refractivity contribution is 0.146. The van der Waals surface area contributed by atoms with Crippen LogP contribution in [0.4, 0.5) is 0 Å². The van der Waals surface area contributed by atoms with Crippen molar-refractivity contribution in [3.05, 3.63) is 45.9 Å². The molecule has 0 saturated heterocycles. The van der Waals surface area contributed by atoms with Gasteiger partial charge >= 0.3 is 0 Å². The molecule has 6 nitrogen and oxygen atoms in total. The van der Waals surface area contributed by atoms with Gasteiger partial charge in [-0.05, 0) is 24.1 Å². The van der Waals surface area contributed by atoms with Gasteiger partial charge in [0.15, 0.2) is 5.96 Å². The van der Waals surface area contributed by atoms with Gasteiger partial charge in [0.2, 0.25) is 0 Å². The fourth-order valence-corrected chi connectivity index (χ4v) is 2.91. The first-order chi connectivity index (χ1) is 12.2. The zero-order valence-corrected chi connectivity index (χ0v) is 15.9. The number of methoxy groups -OCH3 is 1. The van der Waals surface area contributed by atoms with Gasteiger partial charge in [-0.2, -0.15) is 0 Å². The van der Waals surface area contributed by atoms with Gasteiger partial charge in [0.25, 0.3) is 0 Å². The lowest BCUT2D eigenvalue weighted by atomic mass is 10.2. The van der Waals surface area contributed by atoms with Gasteiger partial charge in [0.1, 0.15) is 17.4 Å². The van der Waals surface area contributed by atoms with E-state index in [1.807, 2.05) is 30.5 Å². The molecule has 2 aromatic rings. The summed E-state index contributed by atoms with van der Waals surface area (Å²) < 4.78 is 10.5. The van der Waals surface area contributed by atoms with Crippen molar-refractivity contribution >= 4 is 17.3 Å². The molecule has 7 heteroatoms. The Balaban J connectivity index is 1.76. The molecule has 1 aromatic heterocycles. The van der Waals surface area contributed by atoms with Gasteiger partial charge in [-0.15, -0.1) is 11.3 Å². The van der Waals surface area contributed by atoms with Crippen LogP contribution in [0.3, 0.4) is 0 Å². The van der Waals surface area contributed by atoms with E-state index in [0.717, 1.165) is 28.7 Å². The maximum absolute atomic E-state index is 5.56. The topological polar surface area (TPSA) is 67.8 Å². The maximum Gasteiger partial charge on any atom is 0.191 e. The van der Waals surface area contributed by atoms with Crippen molar-refractivity contribution in [3.8, 4) is 5.75 Å². The Labute approximate surface area is 153 Å². The number of nitrogens with zero attached hydrogens (tertiary/aromatic N) is 2. The molecular weight excluding hydrogens is 336 g/mol. The molecule has 1 aromatic carbocycles. The van der Waals surface area contributed by atoms with E-state index in [4.69, 9.17) is 9.47 Å². The number of thiazole rings is 1. The van der Waals surface area contributed by atoms with Crippen LogP contribution >= 0.6 is 11.3 Å². The number of hydrogen-bond donors (Lipinski definition) is 2. The third-order valence-electron chi connectivity index (χ3n) is 3.52. The van der Waals surface area contributed by atoms with E-state index in [9.17, 15) is 0 Å². The molecular formula is C18H26N4O2S. The van der Waals surface area contributed by atoms with E-state index in [1.165, 1.54) is 4.88 Å².